The molecule has 1 aromatic rings. The second-order valence-electron chi connectivity index (χ2n) is 6.28. The number of fused-ring (bicyclic) bond motifs is 2. The number of carboxylic acids is 1. The first-order valence-electron chi connectivity index (χ1n) is 7.33. The Hall–Kier alpha value is -0.360. The number of carbonyl (C=O) groups is 2. The lowest BCUT2D eigenvalue weighted by Crippen LogP contribution is -2.47. The zero-order chi connectivity index (χ0) is 19.7. The van der Waals surface area contributed by atoms with Crippen molar-refractivity contribution in [2.45, 2.75) is 21.0 Å². The van der Waals surface area contributed by atoms with Crippen molar-refractivity contribution in [3.63, 3.8) is 0 Å². The van der Waals surface area contributed by atoms with Gasteiger partial charge >= 0.3 is 5.97 Å². The molecule has 10 heteroatoms. The van der Waals surface area contributed by atoms with E-state index in [2.05, 4.69) is 5.32 Å². The molecule has 2 aliphatic carbocycles. The molecule has 1 saturated carbocycles. The summed E-state index contributed by atoms with van der Waals surface area (Å²) in [5.74, 6) is -5.19. The van der Waals surface area contributed by atoms with Crippen molar-refractivity contribution >= 4 is 87.2 Å². The molecular weight excluding hydrogens is 467 g/mol. The van der Waals surface area contributed by atoms with E-state index < -0.39 is 37.8 Å². The number of hydrogen-bond donors (Lipinski definition) is 2. The molecule has 1 amide bonds. The number of aryl methyl sites for hydroxylation is 1. The number of anilines is 1. The van der Waals surface area contributed by atoms with Gasteiger partial charge < -0.3 is 10.4 Å². The summed E-state index contributed by atoms with van der Waals surface area (Å²) in [4.78, 5) is 20.9. The van der Waals surface area contributed by atoms with Crippen LogP contribution in [0.1, 0.15) is 5.56 Å². The van der Waals surface area contributed by atoms with E-state index in [1.165, 1.54) is 0 Å². The standard InChI is InChI=1S/C16H11Cl6NO3/c1-6-3-2-4-7(5-6)23-12(24)8-9(13(25)26)15(20)11(18)10(17)14(8,19)16(15,21)22/h2-5,8-9H,1H3,(H,23,24)(H,25,26)/t8-,9+,14-,15-/m0/s1. The number of alkyl halides is 4. The van der Waals surface area contributed by atoms with Crippen molar-refractivity contribution in [1.29, 1.82) is 0 Å². The van der Waals surface area contributed by atoms with Crippen LogP contribution >= 0.6 is 69.6 Å². The van der Waals surface area contributed by atoms with Crippen LogP contribution in [0.5, 0.6) is 0 Å². The van der Waals surface area contributed by atoms with Gasteiger partial charge in [0.25, 0.3) is 0 Å². The second kappa shape index (κ2) is 6.33. The number of rotatable bonds is 3. The molecule has 0 aromatic heterocycles. The van der Waals surface area contributed by atoms with Crippen LogP contribution in [0, 0.1) is 18.8 Å². The molecule has 2 N–H and O–H groups in total. The number of carboxylic acid groups (broad SMARTS) is 1. The van der Waals surface area contributed by atoms with Crippen LogP contribution in [-0.2, 0) is 9.59 Å². The van der Waals surface area contributed by atoms with Gasteiger partial charge in [-0.1, -0.05) is 58.5 Å². The Morgan fingerprint density at radius 2 is 1.58 bits per heavy atom. The van der Waals surface area contributed by atoms with E-state index >= 15 is 0 Å². The van der Waals surface area contributed by atoms with Crippen molar-refractivity contribution in [3.05, 3.63) is 39.9 Å². The highest BCUT2D eigenvalue weighted by atomic mass is 35.5. The number of carbonyl (C=O) groups excluding carboxylic acids is 1. The summed E-state index contributed by atoms with van der Waals surface area (Å²) in [5, 5.41) is 11.8. The Balaban J connectivity index is 2.11. The Bertz CT molecular complexity index is 856. The Labute approximate surface area is 179 Å². The molecule has 140 valence electrons. The molecule has 0 saturated heterocycles. The van der Waals surface area contributed by atoms with E-state index in [4.69, 9.17) is 69.6 Å². The Kier molecular flexibility index (Phi) is 4.96. The molecule has 0 spiro atoms. The first-order valence-corrected chi connectivity index (χ1v) is 9.59. The summed E-state index contributed by atoms with van der Waals surface area (Å²) < 4.78 is -2.12. The molecule has 4 nitrogen and oxygen atoms in total. The maximum Gasteiger partial charge on any atom is 0.309 e. The smallest absolute Gasteiger partial charge is 0.309 e. The largest absolute Gasteiger partial charge is 0.481 e. The number of aliphatic carboxylic acids is 1. The van der Waals surface area contributed by atoms with Crippen molar-refractivity contribution in [3.8, 4) is 0 Å². The monoisotopic (exact) mass is 475 g/mol. The van der Waals surface area contributed by atoms with Gasteiger partial charge in [-0.25, -0.2) is 0 Å². The Morgan fingerprint density at radius 3 is 2.08 bits per heavy atom. The topological polar surface area (TPSA) is 66.4 Å². The first kappa shape index (κ1) is 20.4. The molecule has 0 aliphatic heterocycles. The highest BCUT2D eigenvalue weighted by Gasteiger charge is 2.85. The van der Waals surface area contributed by atoms with E-state index in [0.717, 1.165) is 5.56 Å². The molecule has 1 aromatic carbocycles. The number of nitrogens with one attached hydrogen (secondary N) is 1. The average Bonchev–Trinajstić information content (AvgIpc) is 2.74. The second-order valence-corrected chi connectivity index (χ2v) is 9.55. The van der Waals surface area contributed by atoms with E-state index in [1.807, 2.05) is 13.0 Å². The number of allylic oxidation sites excluding steroid dienone is 2. The van der Waals surface area contributed by atoms with Gasteiger partial charge in [0.1, 0.15) is 9.75 Å². The number of hydrogen-bond acceptors (Lipinski definition) is 2. The molecule has 1 fully saturated rings. The third kappa shape index (κ3) is 2.36. The summed E-state index contributed by atoms with van der Waals surface area (Å²) in [6.07, 6.45) is 0. The normalized spacial score (nSPS) is 34.9. The molecule has 4 atom stereocenters. The van der Waals surface area contributed by atoms with E-state index in [9.17, 15) is 14.7 Å². The van der Waals surface area contributed by atoms with Crippen LogP contribution in [-0.4, -0.2) is 31.1 Å². The van der Waals surface area contributed by atoms with Gasteiger partial charge in [0.2, 0.25) is 5.91 Å². The SMILES string of the molecule is Cc1cccc(NC(=O)[C@@H]2[C@H](C(=O)O)[C@]3(Cl)C(Cl)=C(Cl)[C@]2(Cl)C3(Cl)Cl)c1. The third-order valence-corrected chi connectivity index (χ3v) is 9.03. The van der Waals surface area contributed by atoms with Gasteiger partial charge in [0, 0.05) is 5.69 Å². The van der Waals surface area contributed by atoms with Crippen LogP contribution in [0.25, 0.3) is 0 Å². The van der Waals surface area contributed by atoms with E-state index in [-0.39, 0.29) is 10.1 Å². The fraction of sp³-hybridized carbons (Fsp3) is 0.375. The predicted octanol–water partition coefficient (Wildman–Crippen LogP) is 5.10. The van der Waals surface area contributed by atoms with Crippen molar-refractivity contribution in [1.82, 2.24) is 0 Å². The van der Waals surface area contributed by atoms with Crippen LogP contribution < -0.4 is 5.32 Å². The summed E-state index contributed by atoms with van der Waals surface area (Å²) in [5.41, 5.74) is 1.34. The molecule has 0 unspecified atom stereocenters. The summed E-state index contributed by atoms with van der Waals surface area (Å²) in [6.45, 7) is 1.84. The third-order valence-electron chi connectivity index (χ3n) is 4.77. The lowest BCUT2D eigenvalue weighted by Gasteiger charge is -2.33. The van der Waals surface area contributed by atoms with Gasteiger partial charge in [0.15, 0.2) is 4.33 Å². The molecule has 0 radical (unpaired) electrons. The minimum absolute atomic E-state index is 0.234. The summed E-state index contributed by atoms with van der Waals surface area (Å²) >= 11 is 38.1. The molecular formula is C16H11Cl6NO3. The van der Waals surface area contributed by atoms with Crippen molar-refractivity contribution in [2.24, 2.45) is 11.8 Å². The summed E-state index contributed by atoms with van der Waals surface area (Å²) in [7, 11) is 0. The molecule has 0 heterocycles. The van der Waals surface area contributed by atoms with Crippen molar-refractivity contribution < 1.29 is 14.7 Å². The lowest BCUT2D eigenvalue weighted by molar-refractivity contribution is -0.146. The van der Waals surface area contributed by atoms with Crippen LogP contribution in [0.3, 0.4) is 0 Å². The molecule has 2 aliphatic rings. The average molecular weight is 478 g/mol. The van der Waals surface area contributed by atoms with E-state index in [0.29, 0.717) is 5.69 Å². The molecule has 26 heavy (non-hydrogen) atoms. The maximum absolute atomic E-state index is 13.0. The maximum atomic E-state index is 13.0. The molecule has 3 rings (SSSR count). The fourth-order valence-corrected chi connectivity index (χ4v) is 6.51. The highest BCUT2D eigenvalue weighted by Crippen LogP contribution is 2.76. The van der Waals surface area contributed by atoms with Crippen molar-refractivity contribution in [2.75, 3.05) is 5.32 Å². The lowest BCUT2D eigenvalue weighted by atomic mass is 9.81. The Morgan fingerprint density at radius 1 is 1.04 bits per heavy atom. The zero-order valence-electron chi connectivity index (χ0n) is 13.0. The van der Waals surface area contributed by atoms with Gasteiger partial charge in [-0.2, -0.15) is 0 Å². The molecule has 2 bridgehead atoms. The minimum Gasteiger partial charge on any atom is -0.481 e. The van der Waals surface area contributed by atoms with E-state index in [1.54, 1.807) is 18.2 Å². The van der Waals surface area contributed by atoms with Crippen LogP contribution in [0.15, 0.2) is 34.3 Å². The minimum atomic E-state index is -2.12. The number of benzene rings is 1. The van der Waals surface area contributed by atoms with Gasteiger partial charge in [-0.05, 0) is 24.6 Å². The predicted molar refractivity (Wildman–Crippen MR) is 105 cm³/mol. The zero-order valence-corrected chi connectivity index (χ0v) is 17.5. The van der Waals surface area contributed by atoms with Gasteiger partial charge in [-0.3, -0.25) is 9.59 Å². The fourth-order valence-electron chi connectivity index (χ4n) is 3.57. The van der Waals surface area contributed by atoms with Gasteiger partial charge in [-0.15, -0.1) is 23.2 Å². The highest BCUT2D eigenvalue weighted by molar-refractivity contribution is 6.66. The number of halogens is 6. The first-order chi connectivity index (χ1) is 11.9. The van der Waals surface area contributed by atoms with Crippen LogP contribution in [0.2, 0.25) is 0 Å². The number of amides is 1. The quantitative estimate of drug-likeness (QED) is 0.595. The van der Waals surface area contributed by atoms with Crippen LogP contribution in [0.4, 0.5) is 5.69 Å². The van der Waals surface area contributed by atoms with Gasteiger partial charge in [0.05, 0.1) is 21.9 Å². The summed E-state index contributed by atoms with van der Waals surface area (Å²) in [6, 6.07) is 6.92.